The Hall–Kier alpha value is -3.85. The SMILES string of the molecule is COc1ccc(CCN(Cc2ccc(C)o2)C(=O)CN(CCN2CCCCC2)C(=O)c2ccccc2F)cc1OC. The lowest BCUT2D eigenvalue weighted by atomic mass is 10.1. The van der Waals surface area contributed by atoms with Crippen LogP contribution in [0.15, 0.2) is 59.0 Å². The molecule has 0 bridgehead atoms. The van der Waals surface area contributed by atoms with Crippen molar-refractivity contribution >= 4 is 11.8 Å². The van der Waals surface area contributed by atoms with Crippen LogP contribution in [0.3, 0.4) is 0 Å². The molecule has 4 rings (SSSR count). The van der Waals surface area contributed by atoms with Crippen LogP contribution in [-0.4, -0.2) is 80.0 Å². The molecule has 1 fully saturated rings. The predicted octanol–water partition coefficient (Wildman–Crippen LogP) is 4.94. The van der Waals surface area contributed by atoms with E-state index in [1.807, 2.05) is 37.3 Å². The number of furan rings is 1. The third kappa shape index (κ3) is 8.33. The van der Waals surface area contributed by atoms with E-state index in [0.717, 1.165) is 37.3 Å². The number of carbonyl (C=O) groups is 2. The number of carbonyl (C=O) groups excluding carboxylic acids is 2. The Kier molecular flexibility index (Phi) is 10.8. The van der Waals surface area contributed by atoms with Crippen LogP contribution in [0.2, 0.25) is 0 Å². The molecule has 8 nitrogen and oxygen atoms in total. The number of nitrogens with zero attached hydrogens (tertiary/aromatic N) is 3. The van der Waals surface area contributed by atoms with Crippen molar-refractivity contribution < 1.29 is 27.9 Å². The summed E-state index contributed by atoms with van der Waals surface area (Å²) in [5.41, 5.74) is 0.943. The van der Waals surface area contributed by atoms with Gasteiger partial charge in [0.05, 0.1) is 26.3 Å². The molecular formula is C32H40FN3O5. The van der Waals surface area contributed by atoms with Crippen molar-refractivity contribution in [3.63, 3.8) is 0 Å². The van der Waals surface area contributed by atoms with Gasteiger partial charge in [-0.1, -0.05) is 24.6 Å². The van der Waals surface area contributed by atoms with E-state index in [1.165, 1.54) is 23.5 Å². The molecule has 2 amide bonds. The molecule has 1 aromatic heterocycles. The molecule has 0 atom stereocenters. The van der Waals surface area contributed by atoms with Gasteiger partial charge in [-0.25, -0.2) is 4.39 Å². The monoisotopic (exact) mass is 565 g/mol. The highest BCUT2D eigenvalue weighted by Gasteiger charge is 2.26. The Morgan fingerprint density at radius 1 is 0.927 bits per heavy atom. The minimum atomic E-state index is -0.593. The second kappa shape index (κ2) is 14.7. The lowest BCUT2D eigenvalue weighted by molar-refractivity contribution is -0.132. The van der Waals surface area contributed by atoms with Crippen LogP contribution in [0.5, 0.6) is 11.5 Å². The smallest absolute Gasteiger partial charge is 0.257 e. The summed E-state index contributed by atoms with van der Waals surface area (Å²) in [5, 5.41) is 0. The van der Waals surface area contributed by atoms with Gasteiger partial charge in [0.25, 0.3) is 5.91 Å². The second-order valence-electron chi connectivity index (χ2n) is 10.4. The standard InChI is InChI=1S/C32H40FN3O5/c1-24-11-13-26(41-24)22-35(18-15-25-12-14-29(39-2)30(21-25)40-3)31(37)23-36(20-19-34-16-7-4-8-17-34)32(38)27-9-5-6-10-28(27)33/h5-6,9-14,21H,4,7-8,15-20,22-23H2,1-3H3. The molecule has 220 valence electrons. The third-order valence-corrected chi connectivity index (χ3v) is 7.47. The van der Waals surface area contributed by atoms with Gasteiger partial charge >= 0.3 is 0 Å². The first-order valence-corrected chi connectivity index (χ1v) is 14.2. The molecule has 3 aromatic rings. The van der Waals surface area contributed by atoms with E-state index in [9.17, 15) is 14.0 Å². The van der Waals surface area contributed by atoms with Gasteiger partial charge in [0.2, 0.25) is 5.91 Å². The summed E-state index contributed by atoms with van der Waals surface area (Å²) >= 11 is 0. The van der Waals surface area contributed by atoms with Crippen molar-refractivity contribution in [1.82, 2.24) is 14.7 Å². The summed E-state index contributed by atoms with van der Waals surface area (Å²) in [5.74, 6) is 1.35. The molecule has 1 aliphatic heterocycles. The van der Waals surface area contributed by atoms with E-state index >= 15 is 0 Å². The predicted molar refractivity (Wildman–Crippen MR) is 155 cm³/mol. The first-order chi connectivity index (χ1) is 19.9. The van der Waals surface area contributed by atoms with Crippen molar-refractivity contribution in [2.75, 3.05) is 53.5 Å². The van der Waals surface area contributed by atoms with E-state index < -0.39 is 11.7 Å². The van der Waals surface area contributed by atoms with Gasteiger partial charge in [-0.15, -0.1) is 0 Å². The number of rotatable bonds is 13. The van der Waals surface area contributed by atoms with Gasteiger partial charge in [0.15, 0.2) is 11.5 Å². The van der Waals surface area contributed by atoms with Crippen LogP contribution >= 0.6 is 0 Å². The molecule has 2 heterocycles. The van der Waals surface area contributed by atoms with Gasteiger partial charge in [0.1, 0.15) is 23.9 Å². The molecule has 1 aliphatic rings. The molecule has 0 spiro atoms. The van der Waals surface area contributed by atoms with Crippen LogP contribution in [0.1, 0.15) is 46.7 Å². The number of hydrogen-bond acceptors (Lipinski definition) is 6. The number of ether oxygens (including phenoxy) is 2. The quantitative estimate of drug-likeness (QED) is 0.292. The van der Waals surface area contributed by atoms with Gasteiger partial charge in [-0.05, 0) is 81.2 Å². The minimum Gasteiger partial charge on any atom is -0.493 e. The van der Waals surface area contributed by atoms with Gasteiger partial charge in [0, 0.05) is 19.6 Å². The molecule has 0 unspecified atom stereocenters. The summed E-state index contributed by atoms with van der Waals surface area (Å²) in [6.45, 7) is 5.24. The fourth-order valence-corrected chi connectivity index (χ4v) is 5.12. The first-order valence-electron chi connectivity index (χ1n) is 14.2. The highest BCUT2D eigenvalue weighted by atomic mass is 19.1. The molecule has 0 N–H and O–H groups in total. The molecule has 2 aromatic carbocycles. The Morgan fingerprint density at radius 3 is 2.37 bits per heavy atom. The molecule has 0 saturated carbocycles. The zero-order valence-corrected chi connectivity index (χ0v) is 24.2. The summed E-state index contributed by atoms with van der Waals surface area (Å²) < 4.78 is 31.2. The van der Waals surface area contributed by atoms with E-state index in [1.54, 1.807) is 31.3 Å². The van der Waals surface area contributed by atoms with E-state index in [4.69, 9.17) is 13.9 Å². The van der Waals surface area contributed by atoms with Crippen LogP contribution in [-0.2, 0) is 17.8 Å². The van der Waals surface area contributed by atoms with Crippen molar-refractivity contribution in [3.05, 3.63) is 83.1 Å². The lowest BCUT2D eigenvalue weighted by Gasteiger charge is -2.31. The van der Waals surface area contributed by atoms with Crippen LogP contribution in [0.25, 0.3) is 0 Å². The molecular weight excluding hydrogens is 525 g/mol. The first kappa shape index (κ1) is 30.1. The lowest BCUT2D eigenvalue weighted by Crippen LogP contribution is -2.46. The van der Waals surface area contributed by atoms with Crippen LogP contribution < -0.4 is 9.47 Å². The highest BCUT2D eigenvalue weighted by Crippen LogP contribution is 2.28. The van der Waals surface area contributed by atoms with Crippen molar-refractivity contribution in [3.8, 4) is 11.5 Å². The zero-order chi connectivity index (χ0) is 29.2. The number of amides is 2. The maximum Gasteiger partial charge on any atom is 0.257 e. The highest BCUT2D eigenvalue weighted by molar-refractivity contribution is 5.96. The van der Waals surface area contributed by atoms with E-state index in [-0.39, 0.29) is 24.6 Å². The Morgan fingerprint density at radius 2 is 1.68 bits per heavy atom. The van der Waals surface area contributed by atoms with Crippen molar-refractivity contribution in [2.24, 2.45) is 0 Å². The number of piperidine rings is 1. The fraction of sp³-hybridized carbons (Fsp3) is 0.438. The average molecular weight is 566 g/mol. The van der Waals surface area contributed by atoms with Gasteiger partial charge in [-0.2, -0.15) is 0 Å². The summed E-state index contributed by atoms with van der Waals surface area (Å²) in [7, 11) is 3.17. The van der Waals surface area contributed by atoms with Gasteiger partial charge < -0.3 is 28.6 Å². The fourth-order valence-electron chi connectivity index (χ4n) is 5.12. The number of likely N-dealkylation sites (tertiary alicyclic amines) is 1. The molecule has 41 heavy (non-hydrogen) atoms. The molecule has 1 saturated heterocycles. The number of hydrogen-bond donors (Lipinski definition) is 0. The Balaban J connectivity index is 1.53. The normalized spacial score (nSPS) is 13.6. The summed E-state index contributed by atoms with van der Waals surface area (Å²) in [6.07, 6.45) is 3.99. The Labute approximate surface area is 241 Å². The van der Waals surface area contributed by atoms with E-state index in [0.29, 0.717) is 43.3 Å². The zero-order valence-electron chi connectivity index (χ0n) is 24.2. The number of methoxy groups -OCH3 is 2. The maximum absolute atomic E-state index is 14.6. The van der Waals surface area contributed by atoms with E-state index in [2.05, 4.69) is 4.90 Å². The average Bonchev–Trinajstić information content (AvgIpc) is 3.41. The van der Waals surface area contributed by atoms with Crippen molar-refractivity contribution in [1.29, 1.82) is 0 Å². The largest absolute Gasteiger partial charge is 0.493 e. The second-order valence-corrected chi connectivity index (χ2v) is 10.4. The summed E-state index contributed by atoms with van der Waals surface area (Å²) in [6, 6.07) is 15.3. The molecule has 0 aliphatic carbocycles. The Bertz CT molecular complexity index is 1300. The number of benzene rings is 2. The minimum absolute atomic E-state index is 0.0301. The third-order valence-electron chi connectivity index (χ3n) is 7.47. The van der Waals surface area contributed by atoms with Gasteiger partial charge in [-0.3, -0.25) is 9.59 Å². The van der Waals surface area contributed by atoms with Crippen LogP contribution in [0, 0.1) is 12.7 Å². The van der Waals surface area contributed by atoms with Crippen molar-refractivity contribution in [2.45, 2.75) is 39.2 Å². The topological polar surface area (TPSA) is 75.5 Å². The maximum atomic E-state index is 14.6. The number of halogens is 1. The summed E-state index contributed by atoms with van der Waals surface area (Å²) in [4.78, 5) is 32.8. The molecule has 9 heteroatoms. The molecule has 0 radical (unpaired) electrons. The van der Waals surface area contributed by atoms with Crippen LogP contribution in [0.4, 0.5) is 4.39 Å². The number of aryl methyl sites for hydroxylation is 1.